The second-order valence-electron chi connectivity index (χ2n) is 6.67. The predicted molar refractivity (Wildman–Crippen MR) is 108 cm³/mol. The SMILES string of the molecule is COc1ccc2cc([C@H](C)C(=O)NC(C)c3ccccc3OC)ccc2c1. The van der Waals surface area contributed by atoms with Gasteiger partial charge < -0.3 is 14.8 Å². The van der Waals surface area contributed by atoms with Crippen molar-refractivity contribution in [3.8, 4) is 11.5 Å². The van der Waals surface area contributed by atoms with Gasteiger partial charge in [0.15, 0.2) is 0 Å². The number of carbonyl (C=O) groups excluding carboxylic acids is 1. The zero-order valence-corrected chi connectivity index (χ0v) is 16.2. The van der Waals surface area contributed by atoms with Gasteiger partial charge in [-0.1, -0.05) is 42.5 Å². The third kappa shape index (κ3) is 4.05. The number of nitrogens with one attached hydrogen (secondary N) is 1. The molecule has 0 spiro atoms. The van der Waals surface area contributed by atoms with E-state index in [9.17, 15) is 4.79 Å². The molecule has 0 fully saturated rings. The van der Waals surface area contributed by atoms with E-state index in [0.717, 1.165) is 33.4 Å². The number of carbonyl (C=O) groups is 1. The van der Waals surface area contributed by atoms with E-state index in [1.54, 1.807) is 14.2 Å². The summed E-state index contributed by atoms with van der Waals surface area (Å²) in [4.78, 5) is 12.8. The molecule has 1 amide bonds. The highest BCUT2D eigenvalue weighted by Gasteiger charge is 2.19. The van der Waals surface area contributed by atoms with Gasteiger partial charge in [0.05, 0.1) is 26.2 Å². The summed E-state index contributed by atoms with van der Waals surface area (Å²) in [6.45, 7) is 3.89. The zero-order valence-electron chi connectivity index (χ0n) is 16.2. The van der Waals surface area contributed by atoms with Crippen molar-refractivity contribution in [2.45, 2.75) is 25.8 Å². The monoisotopic (exact) mass is 363 g/mol. The largest absolute Gasteiger partial charge is 0.497 e. The summed E-state index contributed by atoms with van der Waals surface area (Å²) < 4.78 is 10.7. The van der Waals surface area contributed by atoms with Gasteiger partial charge in [-0.05, 0) is 48.4 Å². The minimum absolute atomic E-state index is 0.0127. The molecule has 3 aromatic rings. The lowest BCUT2D eigenvalue weighted by Crippen LogP contribution is -2.30. The molecule has 3 rings (SSSR count). The second-order valence-corrected chi connectivity index (χ2v) is 6.67. The van der Waals surface area contributed by atoms with Crippen LogP contribution in [0.1, 0.15) is 36.9 Å². The fourth-order valence-corrected chi connectivity index (χ4v) is 3.23. The number of rotatable bonds is 6. The van der Waals surface area contributed by atoms with E-state index >= 15 is 0 Å². The first-order valence-corrected chi connectivity index (χ1v) is 9.04. The fraction of sp³-hybridized carbons (Fsp3) is 0.261. The number of ether oxygens (including phenoxy) is 2. The molecule has 2 atom stereocenters. The maximum atomic E-state index is 12.8. The fourth-order valence-electron chi connectivity index (χ4n) is 3.23. The van der Waals surface area contributed by atoms with E-state index in [4.69, 9.17) is 9.47 Å². The summed E-state index contributed by atoms with van der Waals surface area (Å²) in [7, 11) is 3.30. The Morgan fingerprint density at radius 1 is 0.889 bits per heavy atom. The van der Waals surface area contributed by atoms with Crippen molar-refractivity contribution in [1.29, 1.82) is 0 Å². The first kappa shape index (κ1) is 18.8. The topological polar surface area (TPSA) is 47.6 Å². The van der Waals surface area contributed by atoms with Crippen LogP contribution in [0.4, 0.5) is 0 Å². The molecular formula is C23H25NO3. The minimum Gasteiger partial charge on any atom is -0.497 e. The number of para-hydroxylation sites is 1. The molecule has 0 aliphatic carbocycles. The van der Waals surface area contributed by atoms with Gasteiger partial charge >= 0.3 is 0 Å². The Bertz CT molecular complexity index is 951. The van der Waals surface area contributed by atoms with Gasteiger partial charge in [0.2, 0.25) is 5.91 Å². The highest BCUT2D eigenvalue weighted by molar-refractivity contribution is 5.88. The van der Waals surface area contributed by atoms with Crippen molar-refractivity contribution in [1.82, 2.24) is 5.32 Å². The summed E-state index contributed by atoms with van der Waals surface area (Å²) in [5, 5.41) is 5.28. The van der Waals surface area contributed by atoms with Crippen LogP contribution in [0.25, 0.3) is 10.8 Å². The standard InChI is InChI=1S/C23H25NO3/c1-15(17-9-10-19-14-20(26-3)12-11-18(19)13-17)23(25)24-16(2)21-7-5-6-8-22(21)27-4/h5-16H,1-4H3,(H,24,25)/t15-,16?/m0/s1. The molecule has 140 valence electrons. The molecule has 0 radical (unpaired) electrons. The minimum atomic E-state index is -0.256. The smallest absolute Gasteiger partial charge is 0.227 e. The van der Waals surface area contributed by atoms with Gasteiger partial charge in [-0.25, -0.2) is 0 Å². The van der Waals surface area contributed by atoms with Crippen LogP contribution in [0.5, 0.6) is 11.5 Å². The first-order chi connectivity index (χ1) is 13.0. The van der Waals surface area contributed by atoms with E-state index in [-0.39, 0.29) is 17.9 Å². The average molecular weight is 363 g/mol. The van der Waals surface area contributed by atoms with Gasteiger partial charge in [-0.3, -0.25) is 4.79 Å². The molecule has 3 aromatic carbocycles. The van der Waals surface area contributed by atoms with Gasteiger partial charge in [-0.15, -0.1) is 0 Å². The summed E-state index contributed by atoms with van der Waals surface area (Å²) in [6, 6.07) is 19.6. The number of fused-ring (bicyclic) bond motifs is 1. The Morgan fingerprint density at radius 2 is 1.59 bits per heavy atom. The Morgan fingerprint density at radius 3 is 2.33 bits per heavy atom. The van der Waals surface area contributed by atoms with E-state index in [0.29, 0.717) is 0 Å². The summed E-state index contributed by atoms with van der Waals surface area (Å²) in [5.41, 5.74) is 1.95. The van der Waals surface area contributed by atoms with Crippen LogP contribution >= 0.6 is 0 Å². The highest BCUT2D eigenvalue weighted by Crippen LogP contribution is 2.27. The van der Waals surface area contributed by atoms with E-state index in [1.807, 2.05) is 68.4 Å². The molecule has 0 saturated heterocycles. The average Bonchev–Trinajstić information content (AvgIpc) is 2.72. The summed E-state index contributed by atoms with van der Waals surface area (Å²) >= 11 is 0. The Hall–Kier alpha value is -3.01. The van der Waals surface area contributed by atoms with Gasteiger partial charge in [0.25, 0.3) is 0 Å². The lowest BCUT2D eigenvalue weighted by Gasteiger charge is -2.20. The van der Waals surface area contributed by atoms with Crippen molar-refractivity contribution in [3.63, 3.8) is 0 Å². The third-order valence-electron chi connectivity index (χ3n) is 4.93. The molecule has 1 N–H and O–H groups in total. The first-order valence-electron chi connectivity index (χ1n) is 9.04. The molecule has 0 heterocycles. The van der Waals surface area contributed by atoms with Crippen LogP contribution in [-0.2, 0) is 4.79 Å². The molecule has 0 saturated carbocycles. The molecule has 0 aromatic heterocycles. The van der Waals surface area contributed by atoms with Crippen molar-refractivity contribution < 1.29 is 14.3 Å². The van der Waals surface area contributed by atoms with Crippen molar-refractivity contribution in [2.75, 3.05) is 14.2 Å². The van der Waals surface area contributed by atoms with E-state index in [2.05, 4.69) is 11.4 Å². The van der Waals surface area contributed by atoms with Crippen LogP contribution < -0.4 is 14.8 Å². The number of amides is 1. The molecular weight excluding hydrogens is 338 g/mol. The van der Waals surface area contributed by atoms with Gasteiger partial charge in [0.1, 0.15) is 11.5 Å². The van der Waals surface area contributed by atoms with Crippen LogP contribution in [-0.4, -0.2) is 20.1 Å². The van der Waals surface area contributed by atoms with E-state index < -0.39 is 0 Å². The molecule has 4 nitrogen and oxygen atoms in total. The van der Waals surface area contributed by atoms with Crippen molar-refractivity contribution in [3.05, 3.63) is 71.8 Å². The maximum Gasteiger partial charge on any atom is 0.227 e. The Kier molecular flexibility index (Phi) is 5.65. The highest BCUT2D eigenvalue weighted by atomic mass is 16.5. The third-order valence-corrected chi connectivity index (χ3v) is 4.93. The molecule has 27 heavy (non-hydrogen) atoms. The molecule has 4 heteroatoms. The quantitative estimate of drug-likeness (QED) is 0.682. The number of hydrogen-bond acceptors (Lipinski definition) is 3. The van der Waals surface area contributed by atoms with Crippen molar-refractivity contribution in [2.24, 2.45) is 0 Å². The lowest BCUT2D eigenvalue weighted by molar-refractivity contribution is -0.122. The normalized spacial score (nSPS) is 13.0. The van der Waals surface area contributed by atoms with Gasteiger partial charge in [-0.2, -0.15) is 0 Å². The zero-order chi connectivity index (χ0) is 19.4. The second kappa shape index (κ2) is 8.12. The number of benzene rings is 3. The maximum absolute atomic E-state index is 12.8. The van der Waals surface area contributed by atoms with Gasteiger partial charge in [0, 0.05) is 5.56 Å². The van der Waals surface area contributed by atoms with Crippen LogP contribution in [0.15, 0.2) is 60.7 Å². The van der Waals surface area contributed by atoms with E-state index in [1.165, 1.54) is 0 Å². The molecule has 0 bridgehead atoms. The van der Waals surface area contributed by atoms with Crippen molar-refractivity contribution >= 4 is 16.7 Å². The van der Waals surface area contributed by atoms with Crippen LogP contribution in [0.3, 0.4) is 0 Å². The van der Waals surface area contributed by atoms with Crippen LogP contribution in [0, 0.1) is 0 Å². The lowest BCUT2D eigenvalue weighted by atomic mass is 9.96. The summed E-state index contributed by atoms with van der Waals surface area (Å²) in [5.74, 6) is 1.33. The predicted octanol–water partition coefficient (Wildman–Crippen LogP) is 4.84. The molecule has 0 aliphatic rings. The number of methoxy groups -OCH3 is 2. The molecule has 0 aliphatic heterocycles. The summed E-state index contributed by atoms with van der Waals surface area (Å²) in [6.07, 6.45) is 0. The molecule has 1 unspecified atom stereocenters. The Labute approximate surface area is 160 Å². The Balaban J connectivity index is 1.77. The number of hydrogen-bond donors (Lipinski definition) is 1. The van der Waals surface area contributed by atoms with Crippen LogP contribution in [0.2, 0.25) is 0 Å².